The summed E-state index contributed by atoms with van der Waals surface area (Å²) in [6.45, 7) is 0. The van der Waals surface area contributed by atoms with E-state index in [0.29, 0.717) is 5.56 Å². The monoisotopic (exact) mass is 296 g/mol. The van der Waals surface area contributed by atoms with E-state index in [2.05, 4.69) is 0 Å². The van der Waals surface area contributed by atoms with Crippen molar-refractivity contribution in [3.05, 3.63) is 71.3 Å². The molecule has 0 bridgehead atoms. The average molecular weight is 296 g/mol. The second-order valence-corrected chi connectivity index (χ2v) is 4.92. The summed E-state index contributed by atoms with van der Waals surface area (Å²) in [4.78, 5) is 35.1. The van der Waals surface area contributed by atoms with Crippen molar-refractivity contribution in [3.8, 4) is 0 Å². The molecule has 0 radical (unpaired) electrons. The number of carbonyl (C=O) groups excluding carboxylic acids is 3. The average Bonchev–Trinajstić information content (AvgIpc) is 2.53. The fraction of sp³-hybridized carbons (Fsp3) is 0.118. The minimum atomic E-state index is -1.03. The summed E-state index contributed by atoms with van der Waals surface area (Å²) >= 11 is 0. The molecule has 1 atom stereocenters. The Morgan fingerprint density at radius 3 is 2.05 bits per heavy atom. The molecule has 2 aromatic rings. The van der Waals surface area contributed by atoms with Gasteiger partial charge in [-0.1, -0.05) is 48.5 Å². The van der Waals surface area contributed by atoms with Gasteiger partial charge in [0, 0.05) is 5.56 Å². The van der Waals surface area contributed by atoms with Gasteiger partial charge in [-0.05, 0) is 23.6 Å². The summed E-state index contributed by atoms with van der Waals surface area (Å²) in [5.74, 6) is -3.24. The molecular formula is C17H16N2O3. The fourth-order valence-corrected chi connectivity index (χ4v) is 2.39. The molecule has 0 saturated carbocycles. The molecule has 4 N–H and O–H groups in total. The highest BCUT2D eigenvalue weighted by atomic mass is 16.2. The molecule has 0 fully saturated rings. The topological polar surface area (TPSA) is 103 Å². The first-order valence-corrected chi connectivity index (χ1v) is 6.77. The van der Waals surface area contributed by atoms with Crippen molar-refractivity contribution in [2.75, 3.05) is 0 Å². The largest absolute Gasteiger partial charge is 0.366 e. The van der Waals surface area contributed by atoms with Crippen molar-refractivity contribution in [2.24, 2.45) is 11.5 Å². The number of primary amides is 2. The van der Waals surface area contributed by atoms with Crippen LogP contribution in [-0.2, 0) is 16.0 Å². The van der Waals surface area contributed by atoms with Crippen LogP contribution in [0.1, 0.15) is 27.4 Å². The molecule has 0 heterocycles. The molecule has 22 heavy (non-hydrogen) atoms. The number of amides is 2. The van der Waals surface area contributed by atoms with Gasteiger partial charge < -0.3 is 11.5 Å². The number of ketones is 1. The Balaban J connectivity index is 2.47. The Morgan fingerprint density at radius 2 is 1.45 bits per heavy atom. The number of Topliss-reactive ketones (excluding diaryl/α,β-unsaturated/α-hetero) is 1. The summed E-state index contributed by atoms with van der Waals surface area (Å²) in [5, 5.41) is 0. The van der Waals surface area contributed by atoms with Gasteiger partial charge in [0.1, 0.15) is 0 Å². The Labute approximate surface area is 127 Å². The van der Waals surface area contributed by atoms with Gasteiger partial charge in [-0.25, -0.2) is 0 Å². The van der Waals surface area contributed by atoms with Crippen molar-refractivity contribution in [3.63, 3.8) is 0 Å². The first kappa shape index (κ1) is 15.4. The smallest absolute Gasteiger partial charge is 0.285 e. The van der Waals surface area contributed by atoms with Crippen LogP contribution >= 0.6 is 0 Å². The number of nitrogens with two attached hydrogens (primary N) is 2. The van der Waals surface area contributed by atoms with E-state index in [1.165, 1.54) is 6.07 Å². The molecule has 2 rings (SSSR count). The summed E-state index contributed by atoms with van der Waals surface area (Å²) in [5.41, 5.74) is 12.0. The zero-order valence-electron chi connectivity index (χ0n) is 11.9. The highest BCUT2D eigenvalue weighted by Gasteiger charge is 2.28. The van der Waals surface area contributed by atoms with E-state index in [9.17, 15) is 14.4 Å². The highest BCUT2D eigenvalue weighted by molar-refractivity contribution is 6.37. The molecule has 0 aromatic heterocycles. The van der Waals surface area contributed by atoms with E-state index in [4.69, 9.17) is 11.5 Å². The maximum atomic E-state index is 12.2. The van der Waals surface area contributed by atoms with Crippen molar-refractivity contribution >= 4 is 17.6 Å². The van der Waals surface area contributed by atoms with Crippen molar-refractivity contribution in [1.82, 2.24) is 0 Å². The molecule has 0 saturated heterocycles. The first-order valence-electron chi connectivity index (χ1n) is 6.77. The van der Waals surface area contributed by atoms with Gasteiger partial charge in [0.05, 0.1) is 5.92 Å². The summed E-state index contributed by atoms with van der Waals surface area (Å²) < 4.78 is 0. The van der Waals surface area contributed by atoms with E-state index in [1.54, 1.807) is 18.2 Å². The van der Waals surface area contributed by atoms with Gasteiger partial charge in [0.15, 0.2) is 0 Å². The normalized spacial score (nSPS) is 11.6. The third kappa shape index (κ3) is 3.38. The first-order chi connectivity index (χ1) is 10.5. The number of benzene rings is 2. The van der Waals surface area contributed by atoms with Crippen LogP contribution in [0.5, 0.6) is 0 Å². The zero-order valence-corrected chi connectivity index (χ0v) is 11.9. The quantitative estimate of drug-likeness (QED) is 0.782. The van der Waals surface area contributed by atoms with Gasteiger partial charge >= 0.3 is 0 Å². The second kappa shape index (κ2) is 6.67. The lowest BCUT2D eigenvalue weighted by molar-refractivity contribution is -0.136. The predicted molar refractivity (Wildman–Crippen MR) is 82.0 cm³/mol. The van der Waals surface area contributed by atoms with E-state index >= 15 is 0 Å². The van der Waals surface area contributed by atoms with Crippen LogP contribution < -0.4 is 11.5 Å². The third-order valence-electron chi connectivity index (χ3n) is 3.44. The number of hydrogen-bond donors (Lipinski definition) is 2. The Hall–Kier alpha value is -2.95. The lowest BCUT2D eigenvalue weighted by atomic mass is 9.85. The van der Waals surface area contributed by atoms with Gasteiger partial charge in [0.2, 0.25) is 11.7 Å². The minimum Gasteiger partial charge on any atom is -0.366 e. The van der Waals surface area contributed by atoms with Crippen molar-refractivity contribution in [1.29, 1.82) is 0 Å². The van der Waals surface area contributed by atoms with E-state index in [0.717, 1.165) is 5.56 Å². The molecule has 2 amide bonds. The summed E-state index contributed by atoms with van der Waals surface area (Å²) in [7, 11) is 0. The Morgan fingerprint density at radius 1 is 0.864 bits per heavy atom. The van der Waals surface area contributed by atoms with Crippen molar-refractivity contribution < 1.29 is 14.4 Å². The third-order valence-corrected chi connectivity index (χ3v) is 3.44. The van der Waals surface area contributed by atoms with Gasteiger partial charge in [0.25, 0.3) is 5.91 Å². The van der Waals surface area contributed by atoms with Crippen molar-refractivity contribution in [2.45, 2.75) is 12.3 Å². The SMILES string of the molecule is NC(=O)C(=O)C(Cc1ccccc1)c1ccccc1C(N)=O. The maximum absolute atomic E-state index is 12.2. The maximum Gasteiger partial charge on any atom is 0.285 e. The molecule has 2 aromatic carbocycles. The molecule has 0 aliphatic carbocycles. The van der Waals surface area contributed by atoms with E-state index in [1.807, 2.05) is 30.3 Å². The summed E-state index contributed by atoms with van der Waals surface area (Å²) in [6.07, 6.45) is 0.271. The van der Waals surface area contributed by atoms with Gasteiger partial charge in [-0.2, -0.15) is 0 Å². The minimum absolute atomic E-state index is 0.220. The molecule has 1 unspecified atom stereocenters. The van der Waals surface area contributed by atoms with Crippen LogP contribution in [0.4, 0.5) is 0 Å². The number of rotatable bonds is 6. The predicted octanol–water partition coefficient (Wildman–Crippen LogP) is 1.17. The molecule has 0 spiro atoms. The molecule has 5 heteroatoms. The molecular weight excluding hydrogens is 280 g/mol. The van der Waals surface area contributed by atoms with Crippen LogP contribution in [0, 0.1) is 0 Å². The molecule has 0 aliphatic heterocycles. The van der Waals surface area contributed by atoms with E-state index in [-0.39, 0.29) is 12.0 Å². The van der Waals surface area contributed by atoms with Gasteiger partial charge in [-0.15, -0.1) is 0 Å². The highest BCUT2D eigenvalue weighted by Crippen LogP contribution is 2.25. The second-order valence-electron chi connectivity index (χ2n) is 4.92. The Kier molecular flexibility index (Phi) is 4.68. The van der Waals surface area contributed by atoms with Crippen LogP contribution in [0.15, 0.2) is 54.6 Å². The fourth-order valence-electron chi connectivity index (χ4n) is 2.39. The van der Waals surface area contributed by atoms with E-state index < -0.39 is 23.5 Å². The summed E-state index contributed by atoms with van der Waals surface area (Å²) in [6, 6.07) is 15.7. The van der Waals surface area contributed by atoms with Crippen LogP contribution in [0.2, 0.25) is 0 Å². The molecule has 112 valence electrons. The van der Waals surface area contributed by atoms with Gasteiger partial charge in [-0.3, -0.25) is 14.4 Å². The molecule has 5 nitrogen and oxygen atoms in total. The number of carbonyl (C=O) groups is 3. The standard InChI is InChI=1S/C17H16N2O3/c18-16(21)13-9-5-4-8-12(13)14(15(20)17(19)22)10-11-6-2-1-3-7-11/h1-9,14H,10H2,(H2,18,21)(H2,19,22). The number of hydrogen-bond acceptors (Lipinski definition) is 3. The lowest BCUT2D eigenvalue weighted by Gasteiger charge is -2.17. The Bertz CT molecular complexity index is 711. The van der Waals surface area contributed by atoms with Crippen LogP contribution in [-0.4, -0.2) is 17.6 Å². The lowest BCUT2D eigenvalue weighted by Crippen LogP contribution is -2.31. The van der Waals surface area contributed by atoms with Crippen LogP contribution in [0.25, 0.3) is 0 Å². The zero-order chi connectivity index (χ0) is 16.1. The molecule has 0 aliphatic rings. The van der Waals surface area contributed by atoms with Crippen LogP contribution in [0.3, 0.4) is 0 Å².